The quantitative estimate of drug-likeness (QED) is 0.719. The van der Waals surface area contributed by atoms with E-state index < -0.39 is 0 Å². The van der Waals surface area contributed by atoms with Gasteiger partial charge in [-0.15, -0.1) is 0 Å². The topological polar surface area (TPSA) is 25.0 Å². The zero-order chi connectivity index (χ0) is 8.55. The fourth-order valence-corrected chi connectivity index (χ4v) is 1.51. The van der Waals surface area contributed by atoms with E-state index in [1.807, 2.05) is 31.3 Å². The Morgan fingerprint density at radius 1 is 1.33 bits per heavy atom. The number of fused-ring (bicyclic) bond motifs is 1. The van der Waals surface area contributed by atoms with Crippen LogP contribution in [0.1, 0.15) is 5.56 Å². The number of aromatic nitrogens is 1. The van der Waals surface area contributed by atoms with Gasteiger partial charge in [0, 0.05) is 22.7 Å². The smallest absolute Gasteiger partial charge is 0.149 e. The molecule has 0 spiro atoms. The van der Waals surface area contributed by atoms with E-state index in [4.69, 9.17) is 11.9 Å². The van der Waals surface area contributed by atoms with Gasteiger partial charge in [-0.05, 0) is 25.1 Å². The molecule has 12 heavy (non-hydrogen) atoms. The minimum Gasteiger partial charge on any atom is -0.385 e. The molecule has 2 aromatic rings. The number of hydrogen-bond donors (Lipinski definition) is 1. The van der Waals surface area contributed by atoms with Crippen molar-refractivity contribution in [2.75, 3.05) is 0 Å². The first-order valence-electron chi connectivity index (χ1n) is 3.68. The van der Waals surface area contributed by atoms with Crippen LogP contribution in [0.3, 0.4) is 0 Å². The van der Waals surface area contributed by atoms with E-state index in [1.165, 1.54) is 0 Å². The Bertz CT molecular complexity index is 408. The van der Waals surface area contributed by atoms with E-state index in [9.17, 15) is 0 Å². The molecule has 0 amide bonds. The van der Waals surface area contributed by atoms with Crippen molar-refractivity contribution in [2.45, 2.75) is 6.92 Å². The summed E-state index contributed by atoms with van der Waals surface area (Å²) in [5.41, 5.74) is 2.16. The molecule has 62 valence electrons. The highest BCUT2D eigenvalue weighted by Crippen LogP contribution is 2.26. The molecule has 0 fully saturated rings. The molecule has 3 heteroatoms. The molecule has 1 heterocycles. The third kappa shape index (κ3) is 0.959. The fourth-order valence-electron chi connectivity index (χ4n) is 1.35. The summed E-state index contributed by atoms with van der Waals surface area (Å²) in [6, 6.07) is 5.80. The van der Waals surface area contributed by atoms with Gasteiger partial charge in [0.05, 0.1) is 0 Å². The molecule has 2 rings (SSSR count). The summed E-state index contributed by atoms with van der Waals surface area (Å²) in [7, 11) is 0. The van der Waals surface area contributed by atoms with Crippen molar-refractivity contribution in [3.05, 3.63) is 30.0 Å². The number of benzene rings is 1. The Morgan fingerprint density at radius 2 is 2.17 bits per heavy atom. The lowest BCUT2D eigenvalue weighted by Crippen LogP contribution is -1.81. The van der Waals surface area contributed by atoms with Crippen LogP contribution in [0.2, 0.25) is 0 Å². The van der Waals surface area contributed by atoms with Crippen molar-refractivity contribution in [1.82, 2.24) is 4.98 Å². The van der Waals surface area contributed by atoms with Crippen LogP contribution in [0.15, 0.2) is 24.4 Å². The molecule has 0 aliphatic rings. The van der Waals surface area contributed by atoms with Crippen LogP contribution in [0.5, 0.6) is 5.75 Å². The van der Waals surface area contributed by atoms with Crippen LogP contribution in [-0.2, 0) is 0 Å². The van der Waals surface area contributed by atoms with Crippen LogP contribution in [0.25, 0.3) is 10.9 Å². The molecule has 0 aliphatic heterocycles. The van der Waals surface area contributed by atoms with Gasteiger partial charge in [0.25, 0.3) is 0 Å². The minimum atomic E-state index is 0.712. The van der Waals surface area contributed by atoms with E-state index in [2.05, 4.69) is 9.27 Å². The second kappa shape index (κ2) is 2.72. The molecule has 0 radical (unpaired) electrons. The molecule has 0 bridgehead atoms. The molecule has 0 unspecified atom stereocenters. The third-order valence-electron chi connectivity index (χ3n) is 2.04. The Balaban J connectivity index is 2.78. The molecule has 0 atom stereocenters. The highest BCUT2D eigenvalue weighted by atomic mass is 35.5. The number of aromatic amines is 1. The van der Waals surface area contributed by atoms with Gasteiger partial charge in [-0.2, -0.15) is 0 Å². The summed E-state index contributed by atoms with van der Waals surface area (Å²) in [5.74, 6) is 0.712. The summed E-state index contributed by atoms with van der Waals surface area (Å²) in [6.45, 7) is 1.98. The maximum atomic E-state index is 5.29. The first-order valence-corrected chi connectivity index (χ1v) is 3.99. The van der Waals surface area contributed by atoms with Crippen molar-refractivity contribution in [3.8, 4) is 5.75 Å². The van der Waals surface area contributed by atoms with E-state index in [-0.39, 0.29) is 0 Å². The van der Waals surface area contributed by atoms with Gasteiger partial charge < -0.3 is 9.27 Å². The van der Waals surface area contributed by atoms with Gasteiger partial charge >= 0.3 is 0 Å². The Kier molecular flexibility index (Phi) is 1.70. The lowest BCUT2D eigenvalue weighted by molar-refractivity contribution is 0.615. The Labute approximate surface area is 75.3 Å². The second-order valence-electron chi connectivity index (χ2n) is 2.70. The van der Waals surface area contributed by atoms with E-state index in [0.717, 1.165) is 16.5 Å². The standard InChI is InChI=1S/C9H8ClNO/c1-6-7-4-5-11-8(7)2-3-9(6)12-10/h2-5,11H,1H3. The maximum Gasteiger partial charge on any atom is 0.149 e. The van der Waals surface area contributed by atoms with Crippen molar-refractivity contribution in [3.63, 3.8) is 0 Å². The number of rotatable bonds is 1. The molecular formula is C9H8ClNO. The number of nitrogens with one attached hydrogen (secondary N) is 1. The van der Waals surface area contributed by atoms with Gasteiger partial charge in [0.15, 0.2) is 0 Å². The van der Waals surface area contributed by atoms with E-state index in [0.29, 0.717) is 5.75 Å². The Hall–Kier alpha value is -1.15. The molecular weight excluding hydrogens is 174 g/mol. The summed E-state index contributed by atoms with van der Waals surface area (Å²) < 4.78 is 4.68. The molecule has 2 nitrogen and oxygen atoms in total. The first-order chi connectivity index (χ1) is 5.83. The first kappa shape index (κ1) is 7.50. The maximum absolute atomic E-state index is 5.29. The molecule has 1 N–H and O–H groups in total. The average molecular weight is 182 g/mol. The number of halogens is 1. The largest absolute Gasteiger partial charge is 0.385 e. The minimum absolute atomic E-state index is 0.712. The van der Waals surface area contributed by atoms with Crippen LogP contribution in [0.4, 0.5) is 0 Å². The van der Waals surface area contributed by atoms with Crippen LogP contribution in [0, 0.1) is 6.92 Å². The zero-order valence-electron chi connectivity index (χ0n) is 6.60. The molecule has 1 aromatic heterocycles. The monoisotopic (exact) mass is 181 g/mol. The Morgan fingerprint density at radius 3 is 2.92 bits per heavy atom. The van der Waals surface area contributed by atoms with Gasteiger partial charge in [0.2, 0.25) is 0 Å². The number of aryl methyl sites for hydroxylation is 1. The van der Waals surface area contributed by atoms with E-state index in [1.54, 1.807) is 0 Å². The average Bonchev–Trinajstić information content (AvgIpc) is 2.53. The predicted molar refractivity (Wildman–Crippen MR) is 49.5 cm³/mol. The van der Waals surface area contributed by atoms with Crippen molar-refractivity contribution in [2.24, 2.45) is 0 Å². The second-order valence-corrected chi connectivity index (χ2v) is 2.86. The van der Waals surface area contributed by atoms with Crippen molar-refractivity contribution < 1.29 is 4.29 Å². The van der Waals surface area contributed by atoms with Crippen LogP contribution in [-0.4, -0.2) is 4.98 Å². The molecule has 1 aromatic carbocycles. The third-order valence-corrected chi connectivity index (χ3v) is 2.20. The fraction of sp³-hybridized carbons (Fsp3) is 0.111. The molecule has 0 saturated carbocycles. The van der Waals surface area contributed by atoms with Crippen LogP contribution < -0.4 is 4.29 Å². The summed E-state index contributed by atoms with van der Waals surface area (Å²) in [6.07, 6.45) is 1.90. The number of H-pyrrole nitrogens is 1. The van der Waals surface area contributed by atoms with Crippen LogP contribution >= 0.6 is 11.9 Å². The number of hydrogen-bond acceptors (Lipinski definition) is 1. The zero-order valence-corrected chi connectivity index (χ0v) is 7.35. The molecule has 0 aliphatic carbocycles. The van der Waals surface area contributed by atoms with Gasteiger partial charge in [-0.25, -0.2) is 0 Å². The SMILES string of the molecule is Cc1c(OCl)ccc2[nH]ccc12. The van der Waals surface area contributed by atoms with Crippen molar-refractivity contribution >= 4 is 22.8 Å². The summed E-state index contributed by atoms with van der Waals surface area (Å²) in [5, 5.41) is 1.15. The highest BCUT2D eigenvalue weighted by Gasteiger charge is 2.03. The lowest BCUT2D eigenvalue weighted by atomic mass is 10.1. The van der Waals surface area contributed by atoms with Crippen molar-refractivity contribution in [1.29, 1.82) is 0 Å². The van der Waals surface area contributed by atoms with Gasteiger partial charge in [-0.1, -0.05) is 0 Å². The normalized spacial score (nSPS) is 10.5. The lowest BCUT2D eigenvalue weighted by Gasteiger charge is -2.01. The van der Waals surface area contributed by atoms with E-state index >= 15 is 0 Å². The molecule has 0 saturated heterocycles. The van der Waals surface area contributed by atoms with Gasteiger partial charge in [0.1, 0.15) is 17.6 Å². The van der Waals surface area contributed by atoms with Gasteiger partial charge in [-0.3, -0.25) is 0 Å². The highest BCUT2D eigenvalue weighted by molar-refractivity contribution is 6.09. The predicted octanol–water partition coefficient (Wildman–Crippen LogP) is 3.01. The summed E-state index contributed by atoms with van der Waals surface area (Å²) >= 11 is 5.29. The summed E-state index contributed by atoms with van der Waals surface area (Å²) in [4.78, 5) is 3.11.